The fourth-order valence-corrected chi connectivity index (χ4v) is 4.27. The number of hydrogen-bond acceptors (Lipinski definition) is 2. The van der Waals surface area contributed by atoms with Crippen LogP contribution in [0.3, 0.4) is 0 Å². The van der Waals surface area contributed by atoms with E-state index < -0.39 is 0 Å². The van der Waals surface area contributed by atoms with Gasteiger partial charge in [-0.15, -0.1) is 0 Å². The van der Waals surface area contributed by atoms with Gasteiger partial charge in [0.05, 0.1) is 6.04 Å². The van der Waals surface area contributed by atoms with Crippen molar-refractivity contribution in [3.63, 3.8) is 0 Å². The largest absolute Gasteiger partial charge is 0.341 e. The van der Waals surface area contributed by atoms with E-state index in [2.05, 4.69) is 54.0 Å². The van der Waals surface area contributed by atoms with Gasteiger partial charge in [-0.25, -0.2) is 0 Å². The third-order valence-corrected chi connectivity index (χ3v) is 5.76. The average molecular weight is 314 g/mol. The number of carbonyl (C=O) groups excluding carboxylic acids is 1. The van der Waals surface area contributed by atoms with E-state index in [0.717, 1.165) is 57.8 Å². The lowest BCUT2D eigenvalue weighted by atomic mass is 9.89. The third kappa shape index (κ3) is 3.77. The first-order valence-electron chi connectivity index (χ1n) is 9.25. The van der Waals surface area contributed by atoms with E-state index >= 15 is 0 Å². The fourth-order valence-electron chi connectivity index (χ4n) is 4.27. The summed E-state index contributed by atoms with van der Waals surface area (Å²) < 4.78 is 0. The summed E-state index contributed by atoms with van der Waals surface area (Å²) in [6.07, 6.45) is 4.61. The Balaban J connectivity index is 1.53. The summed E-state index contributed by atoms with van der Waals surface area (Å²) in [6.45, 7) is 8.36. The van der Waals surface area contributed by atoms with Gasteiger partial charge in [-0.3, -0.25) is 9.69 Å². The highest BCUT2D eigenvalue weighted by Crippen LogP contribution is 2.28. The summed E-state index contributed by atoms with van der Waals surface area (Å²) in [7, 11) is 0. The zero-order valence-corrected chi connectivity index (χ0v) is 14.6. The minimum atomic E-state index is 0.130. The first-order valence-corrected chi connectivity index (χ1v) is 9.25. The van der Waals surface area contributed by atoms with Crippen LogP contribution in [0.1, 0.15) is 38.7 Å². The maximum atomic E-state index is 12.9. The van der Waals surface area contributed by atoms with Gasteiger partial charge in [-0.2, -0.15) is 0 Å². The summed E-state index contributed by atoms with van der Waals surface area (Å²) in [5.74, 6) is 1.62. The molecule has 0 aliphatic carbocycles. The Labute approximate surface area is 140 Å². The number of nitrogens with zero attached hydrogens (tertiary/aromatic N) is 2. The van der Waals surface area contributed by atoms with E-state index in [1.165, 1.54) is 5.56 Å². The lowest BCUT2D eigenvalue weighted by Gasteiger charge is -2.36. The first kappa shape index (κ1) is 16.5. The Hall–Kier alpha value is -1.35. The number of hydrogen-bond donors (Lipinski definition) is 0. The third-order valence-electron chi connectivity index (χ3n) is 5.76. The Morgan fingerprint density at radius 2 is 1.78 bits per heavy atom. The topological polar surface area (TPSA) is 23.6 Å². The SMILES string of the molecule is CCN1CC[C@H](C)[C@H]1C(=O)N1CCC(Cc2ccccc2)CC1. The average Bonchev–Trinajstić information content (AvgIpc) is 2.96. The highest BCUT2D eigenvalue weighted by Gasteiger charge is 2.38. The zero-order chi connectivity index (χ0) is 16.2. The predicted molar refractivity (Wildman–Crippen MR) is 94.3 cm³/mol. The predicted octanol–water partition coefficient (Wildman–Crippen LogP) is 3.20. The van der Waals surface area contributed by atoms with Gasteiger partial charge in [-0.1, -0.05) is 44.2 Å². The van der Waals surface area contributed by atoms with Crippen LogP contribution in [-0.2, 0) is 11.2 Å². The molecule has 1 aromatic carbocycles. The normalized spacial score (nSPS) is 26.6. The molecule has 2 aliphatic heterocycles. The number of amides is 1. The number of benzene rings is 1. The number of carbonyl (C=O) groups is 1. The molecule has 126 valence electrons. The van der Waals surface area contributed by atoms with Gasteiger partial charge in [0.1, 0.15) is 0 Å². The molecule has 1 aromatic rings. The van der Waals surface area contributed by atoms with E-state index in [9.17, 15) is 4.79 Å². The van der Waals surface area contributed by atoms with Crippen molar-refractivity contribution in [2.24, 2.45) is 11.8 Å². The van der Waals surface area contributed by atoms with Gasteiger partial charge < -0.3 is 4.90 Å². The van der Waals surface area contributed by atoms with E-state index in [0.29, 0.717) is 11.8 Å². The molecule has 1 amide bonds. The molecule has 0 radical (unpaired) electrons. The molecule has 2 heterocycles. The van der Waals surface area contributed by atoms with E-state index in [4.69, 9.17) is 0 Å². The Morgan fingerprint density at radius 3 is 2.43 bits per heavy atom. The Bertz CT molecular complexity index is 508. The Morgan fingerprint density at radius 1 is 1.09 bits per heavy atom. The summed E-state index contributed by atoms with van der Waals surface area (Å²) in [5, 5.41) is 0. The summed E-state index contributed by atoms with van der Waals surface area (Å²) in [5.41, 5.74) is 1.43. The molecule has 3 nitrogen and oxygen atoms in total. The van der Waals surface area contributed by atoms with Crippen LogP contribution in [0, 0.1) is 11.8 Å². The second kappa shape index (κ2) is 7.48. The first-order chi connectivity index (χ1) is 11.2. The molecule has 23 heavy (non-hydrogen) atoms. The van der Waals surface area contributed by atoms with Gasteiger partial charge in [0.25, 0.3) is 0 Å². The maximum Gasteiger partial charge on any atom is 0.240 e. The van der Waals surface area contributed by atoms with Crippen LogP contribution in [0.15, 0.2) is 30.3 Å². The van der Waals surface area contributed by atoms with E-state index in [1.54, 1.807) is 0 Å². The molecule has 0 N–H and O–H groups in total. The molecule has 2 saturated heterocycles. The smallest absolute Gasteiger partial charge is 0.240 e. The lowest BCUT2D eigenvalue weighted by molar-refractivity contribution is -0.138. The summed E-state index contributed by atoms with van der Waals surface area (Å²) >= 11 is 0. The molecule has 2 fully saturated rings. The van der Waals surface area contributed by atoms with E-state index in [1.807, 2.05) is 0 Å². The van der Waals surface area contributed by atoms with Gasteiger partial charge in [0.15, 0.2) is 0 Å². The number of likely N-dealkylation sites (tertiary alicyclic amines) is 2. The van der Waals surface area contributed by atoms with Crippen molar-refractivity contribution in [2.45, 2.75) is 45.6 Å². The molecule has 2 atom stereocenters. The van der Waals surface area contributed by atoms with Gasteiger partial charge in [-0.05, 0) is 56.2 Å². The zero-order valence-electron chi connectivity index (χ0n) is 14.6. The van der Waals surface area contributed by atoms with Gasteiger partial charge in [0.2, 0.25) is 5.91 Å². The second-order valence-electron chi connectivity index (χ2n) is 7.30. The van der Waals surface area contributed by atoms with Crippen LogP contribution >= 0.6 is 0 Å². The maximum absolute atomic E-state index is 12.9. The summed E-state index contributed by atoms with van der Waals surface area (Å²) in [4.78, 5) is 17.4. The second-order valence-corrected chi connectivity index (χ2v) is 7.30. The van der Waals surface area contributed by atoms with E-state index in [-0.39, 0.29) is 6.04 Å². The number of rotatable bonds is 4. The molecule has 3 heteroatoms. The molecule has 3 rings (SSSR count). The van der Waals surface area contributed by atoms with Gasteiger partial charge >= 0.3 is 0 Å². The Kier molecular flexibility index (Phi) is 5.37. The van der Waals surface area contributed by atoms with Crippen LogP contribution in [0.2, 0.25) is 0 Å². The van der Waals surface area contributed by atoms with Crippen molar-refractivity contribution >= 4 is 5.91 Å². The van der Waals surface area contributed by atoms with Crippen molar-refractivity contribution in [3.05, 3.63) is 35.9 Å². The van der Waals surface area contributed by atoms with Crippen LogP contribution in [0.4, 0.5) is 0 Å². The molecule has 0 saturated carbocycles. The molecule has 2 aliphatic rings. The summed E-state index contributed by atoms with van der Waals surface area (Å²) in [6, 6.07) is 10.9. The molecule has 0 unspecified atom stereocenters. The highest BCUT2D eigenvalue weighted by atomic mass is 16.2. The van der Waals surface area contributed by atoms with Crippen molar-refractivity contribution in [3.8, 4) is 0 Å². The van der Waals surface area contributed by atoms with Gasteiger partial charge in [0, 0.05) is 13.1 Å². The minimum absolute atomic E-state index is 0.130. The molecule has 0 bridgehead atoms. The highest BCUT2D eigenvalue weighted by molar-refractivity contribution is 5.82. The van der Waals surface area contributed by atoms with Crippen LogP contribution in [-0.4, -0.2) is 47.9 Å². The van der Waals surface area contributed by atoms with Crippen LogP contribution in [0.5, 0.6) is 0 Å². The minimum Gasteiger partial charge on any atom is -0.341 e. The lowest BCUT2D eigenvalue weighted by Crippen LogP contribution is -2.50. The molecular formula is C20H30N2O. The number of likely N-dealkylation sites (N-methyl/N-ethyl adjacent to an activating group) is 1. The van der Waals surface area contributed by atoms with Crippen molar-refractivity contribution in [1.82, 2.24) is 9.80 Å². The molecule has 0 spiro atoms. The molecule has 0 aromatic heterocycles. The van der Waals surface area contributed by atoms with Crippen molar-refractivity contribution < 1.29 is 4.79 Å². The van der Waals surface area contributed by atoms with Crippen molar-refractivity contribution in [1.29, 1.82) is 0 Å². The van der Waals surface area contributed by atoms with Crippen LogP contribution in [0.25, 0.3) is 0 Å². The van der Waals surface area contributed by atoms with Crippen LogP contribution < -0.4 is 0 Å². The number of piperidine rings is 1. The molecular weight excluding hydrogens is 284 g/mol. The quantitative estimate of drug-likeness (QED) is 0.852. The fraction of sp³-hybridized carbons (Fsp3) is 0.650. The monoisotopic (exact) mass is 314 g/mol. The van der Waals surface area contributed by atoms with Crippen molar-refractivity contribution in [2.75, 3.05) is 26.2 Å². The standard InChI is InChI=1S/C20H30N2O/c1-3-21-12-9-16(2)19(21)20(23)22-13-10-18(11-14-22)15-17-7-5-4-6-8-17/h4-8,16,18-19H,3,9-15H2,1-2H3/t16-,19-/m0/s1.